The van der Waals surface area contributed by atoms with Gasteiger partial charge in [-0.05, 0) is 0 Å². The maximum atomic E-state index is 10.7. The van der Waals surface area contributed by atoms with Crippen molar-refractivity contribution >= 4 is 11.7 Å². The number of amides is 2. The fourth-order valence-corrected chi connectivity index (χ4v) is 1.34. The van der Waals surface area contributed by atoms with Crippen molar-refractivity contribution < 1.29 is 9.72 Å². The summed E-state index contributed by atoms with van der Waals surface area (Å²) in [5, 5.41) is 16.1. The summed E-state index contributed by atoms with van der Waals surface area (Å²) in [5.74, 6) is 0. The van der Waals surface area contributed by atoms with Gasteiger partial charge in [0, 0.05) is 31.3 Å². The molecule has 0 aliphatic rings. The van der Waals surface area contributed by atoms with Crippen molar-refractivity contribution in [3.8, 4) is 0 Å². The Bertz CT molecular complexity index is 408. The van der Waals surface area contributed by atoms with Crippen molar-refractivity contribution in [3.63, 3.8) is 0 Å². The van der Waals surface area contributed by atoms with Crippen molar-refractivity contribution in [1.82, 2.24) is 10.6 Å². The highest BCUT2D eigenvalue weighted by Gasteiger charge is 2.10. The molecule has 0 aromatic heterocycles. The third-order valence-electron chi connectivity index (χ3n) is 2.10. The molecule has 0 spiro atoms. The number of rotatable bonds is 6. The Morgan fingerprint density at radius 2 is 2.06 bits per heavy atom. The number of hydrogen-bond acceptors (Lipinski definition) is 4. The van der Waals surface area contributed by atoms with Crippen LogP contribution in [0.3, 0.4) is 0 Å². The van der Waals surface area contributed by atoms with E-state index in [1.165, 1.54) is 6.07 Å². The zero-order valence-electron chi connectivity index (χ0n) is 9.18. The van der Waals surface area contributed by atoms with Crippen LogP contribution in [0.15, 0.2) is 24.3 Å². The second kappa shape index (κ2) is 6.44. The van der Waals surface area contributed by atoms with Gasteiger partial charge in [-0.25, -0.2) is 4.79 Å². The number of primary amides is 1. The first kappa shape index (κ1) is 12.9. The minimum absolute atomic E-state index is 0.0860. The molecule has 7 heteroatoms. The number of carbonyl (C=O) groups excluding carboxylic acids is 1. The van der Waals surface area contributed by atoms with E-state index in [0.29, 0.717) is 25.2 Å². The van der Waals surface area contributed by atoms with Gasteiger partial charge in [0.15, 0.2) is 0 Å². The lowest BCUT2D eigenvalue weighted by Gasteiger charge is -2.05. The van der Waals surface area contributed by atoms with Crippen LogP contribution in [0.1, 0.15) is 5.56 Å². The summed E-state index contributed by atoms with van der Waals surface area (Å²) >= 11 is 0. The maximum absolute atomic E-state index is 10.7. The van der Waals surface area contributed by atoms with Crippen molar-refractivity contribution in [1.29, 1.82) is 0 Å². The average molecular weight is 238 g/mol. The lowest BCUT2D eigenvalue weighted by molar-refractivity contribution is -0.385. The molecule has 1 rings (SSSR count). The Kier molecular flexibility index (Phi) is 4.89. The molecule has 0 bridgehead atoms. The van der Waals surface area contributed by atoms with Crippen LogP contribution in [-0.4, -0.2) is 24.0 Å². The minimum atomic E-state index is -0.586. The molecule has 0 saturated heterocycles. The molecular weight excluding hydrogens is 224 g/mol. The van der Waals surface area contributed by atoms with E-state index in [4.69, 9.17) is 5.73 Å². The molecule has 0 atom stereocenters. The van der Waals surface area contributed by atoms with Gasteiger partial charge in [-0.15, -0.1) is 0 Å². The van der Waals surface area contributed by atoms with Gasteiger partial charge < -0.3 is 16.4 Å². The molecule has 1 aromatic carbocycles. The highest BCUT2D eigenvalue weighted by molar-refractivity contribution is 5.71. The Hall–Kier alpha value is -2.15. The lowest BCUT2D eigenvalue weighted by Crippen LogP contribution is -2.35. The van der Waals surface area contributed by atoms with E-state index < -0.39 is 11.0 Å². The first-order valence-electron chi connectivity index (χ1n) is 5.07. The summed E-state index contributed by atoms with van der Waals surface area (Å²) in [6.45, 7) is 1.25. The smallest absolute Gasteiger partial charge is 0.312 e. The van der Waals surface area contributed by atoms with Crippen LogP contribution in [0.5, 0.6) is 0 Å². The number of nitrogens with zero attached hydrogens (tertiary/aromatic N) is 1. The number of nitro benzene ring substituents is 1. The third kappa shape index (κ3) is 4.47. The number of para-hydroxylation sites is 1. The fraction of sp³-hybridized carbons (Fsp3) is 0.300. The lowest BCUT2D eigenvalue weighted by atomic mass is 10.2. The molecule has 0 saturated carbocycles. The van der Waals surface area contributed by atoms with Gasteiger partial charge in [0.1, 0.15) is 0 Å². The number of hydrogen-bond donors (Lipinski definition) is 3. The molecule has 4 N–H and O–H groups in total. The Morgan fingerprint density at radius 3 is 2.71 bits per heavy atom. The molecule has 92 valence electrons. The van der Waals surface area contributed by atoms with E-state index in [1.54, 1.807) is 18.2 Å². The second-order valence-corrected chi connectivity index (χ2v) is 3.35. The Morgan fingerprint density at radius 1 is 1.35 bits per heavy atom. The summed E-state index contributed by atoms with van der Waals surface area (Å²) in [6, 6.07) is 5.92. The molecular formula is C10H14N4O3. The minimum Gasteiger partial charge on any atom is -0.352 e. The Balaban J connectivity index is 2.41. The predicted molar refractivity (Wildman–Crippen MR) is 62.4 cm³/mol. The zero-order valence-corrected chi connectivity index (χ0v) is 9.18. The predicted octanol–water partition coefficient (Wildman–Crippen LogP) is 0.353. The molecule has 1 aromatic rings. The van der Waals surface area contributed by atoms with E-state index >= 15 is 0 Å². The van der Waals surface area contributed by atoms with Gasteiger partial charge in [-0.1, -0.05) is 18.2 Å². The summed E-state index contributed by atoms with van der Waals surface area (Å²) in [6.07, 6.45) is 0. The quantitative estimate of drug-likeness (QED) is 0.377. The molecule has 0 aliphatic carbocycles. The van der Waals surface area contributed by atoms with Crippen molar-refractivity contribution in [2.24, 2.45) is 5.73 Å². The van der Waals surface area contributed by atoms with Crippen LogP contribution in [0.4, 0.5) is 10.5 Å². The topological polar surface area (TPSA) is 110 Å². The van der Waals surface area contributed by atoms with Gasteiger partial charge in [0.25, 0.3) is 5.69 Å². The van der Waals surface area contributed by atoms with Crippen LogP contribution in [0.25, 0.3) is 0 Å². The normalized spacial score (nSPS) is 9.88. The first-order chi connectivity index (χ1) is 8.11. The van der Waals surface area contributed by atoms with Crippen LogP contribution < -0.4 is 16.4 Å². The monoisotopic (exact) mass is 238 g/mol. The maximum Gasteiger partial charge on any atom is 0.312 e. The van der Waals surface area contributed by atoms with Crippen molar-refractivity contribution in [3.05, 3.63) is 39.9 Å². The number of nitrogens with one attached hydrogen (secondary N) is 2. The largest absolute Gasteiger partial charge is 0.352 e. The van der Waals surface area contributed by atoms with Gasteiger partial charge in [-0.2, -0.15) is 0 Å². The summed E-state index contributed by atoms with van der Waals surface area (Å²) < 4.78 is 0. The molecule has 0 fully saturated rings. The standard InChI is InChI=1S/C10H14N4O3/c11-10(15)13-6-5-12-7-8-3-1-2-4-9(8)14(16)17/h1-4,12H,5-7H2,(H3,11,13,15). The SMILES string of the molecule is NC(=O)NCCNCc1ccccc1[N+](=O)[O-]. The van der Waals surface area contributed by atoms with Gasteiger partial charge >= 0.3 is 6.03 Å². The van der Waals surface area contributed by atoms with E-state index in [1.807, 2.05) is 0 Å². The first-order valence-corrected chi connectivity index (χ1v) is 5.07. The Labute approximate surface area is 98.1 Å². The highest BCUT2D eigenvalue weighted by atomic mass is 16.6. The van der Waals surface area contributed by atoms with E-state index in [0.717, 1.165) is 0 Å². The summed E-state index contributed by atoms with van der Waals surface area (Å²) in [4.78, 5) is 20.7. The molecule has 0 aliphatic heterocycles. The number of nitrogens with two attached hydrogens (primary N) is 1. The fourth-order valence-electron chi connectivity index (χ4n) is 1.34. The third-order valence-corrected chi connectivity index (χ3v) is 2.10. The summed E-state index contributed by atoms with van der Waals surface area (Å²) in [7, 11) is 0. The van der Waals surface area contributed by atoms with Crippen LogP contribution in [0, 0.1) is 10.1 Å². The average Bonchev–Trinajstić information content (AvgIpc) is 2.28. The molecule has 0 radical (unpaired) electrons. The number of nitro groups is 1. The van der Waals surface area contributed by atoms with Crippen LogP contribution in [0.2, 0.25) is 0 Å². The van der Waals surface area contributed by atoms with Crippen molar-refractivity contribution in [2.45, 2.75) is 6.54 Å². The number of carbonyl (C=O) groups is 1. The molecule has 0 unspecified atom stereocenters. The van der Waals surface area contributed by atoms with Gasteiger partial charge in [0.2, 0.25) is 0 Å². The van der Waals surface area contributed by atoms with Crippen LogP contribution >= 0.6 is 0 Å². The van der Waals surface area contributed by atoms with Gasteiger partial charge in [0.05, 0.1) is 4.92 Å². The summed E-state index contributed by atoms with van der Waals surface area (Å²) in [5.41, 5.74) is 5.58. The molecule has 17 heavy (non-hydrogen) atoms. The van der Waals surface area contributed by atoms with E-state index in [9.17, 15) is 14.9 Å². The van der Waals surface area contributed by atoms with E-state index in [2.05, 4.69) is 10.6 Å². The molecule has 0 heterocycles. The molecule has 2 amide bonds. The van der Waals surface area contributed by atoms with Crippen molar-refractivity contribution in [2.75, 3.05) is 13.1 Å². The number of urea groups is 1. The van der Waals surface area contributed by atoms with E-state index in [-0.39, 0.29) is 5.69 Å². The van der Waals surface area contributed by atoms with Gasteiger partial charge in [-0.3, -0.25) is 10.1 Å². The zero-order chi connectivity index (χ0) is 12.7. The highest BCUT2D eigenvalue weighted by Crippen LogP contribution is 2.16. The number of benzene rings is 1. The van der Waals surface area contributed by atoms with Crippen LogP contribution in [-0.2, 0) is 6.54 Å². The second-order valence-electron chi connectivity index (χ2n) is 3.35. The molecule has 7 nitrogen and oxygen atoms in total.